The van der Waals surface area contributed by atoms with E-state index in [-0.39, 0.29) is 17.8 Å². The Morgan fingerprint density at radius 1 is 1.42 bits per heavy atom. The number of halogens is 1. The largest absolute Gasteiger partial charge is 0.396 e. The molecule has 1 unspecified atom stereocenters. The van der Waals surface area contributed by atoms with Crippen LogP contribution in [0.1, 0.15) is 26.2 Å². The lowest BCUT2D eigenvalue weighted by molar-refractivity contribution is 0.208. The maximum Gasteiger partial charge on any atom is 0.231 e. The first-order chi connectivity index (χ1) is 9.22. The SMILES string of the molecule is CCCNc1nc(Cl)nc(N2CCCC(CO)C2)n1. The van der Waals surface area contributed by atoms with Crippen LogP contribution in [0.15, 0.2) is 0 Å². The fourth-order valence-corrected chi connectivity index (χ4v) is 2.35. The first-order valence-electron chi connectivity index (χ1n) is 6.74. The van der Waals surface area contributed by atoms with Crippen molar-refractivity contribution in [2.45, 2.75) is 26.2 Å². The van der Waals surface area contributed by atoms with Crippen LogP contribution in [-0.2, 0) is 0 Å². The zero-order chi connectivity index (χ0) is 13.7. The monoisotopic (exact) mass is 285 g/mol. The predicted molar refractivity (Wildman–Crippen MR) is 75.6 cm³/mol. The Morgan fingerprint density at radius 2 is 2.26 bits per heavy atom. The maximum atomic E-state index is 9.26. The molecule has 0 aromatic carbocycles. The molecule has 0 aliphatic carbocycles. The molecule has 2 rings (SSSR count). The fraction of sp³-hybridized carbons (Fsp3) is 0.750. The molecule has 7 heteroatoms. The standard InChI is InChI=1S/C12H20ClN5O/c1-2-5-14-11-15-10(13)16-12(17-11)18-6-3-4-9(7-18)8-19/h9,19H,2-8H2,1H3,(H,14,15,16,17). The summed E-state index contributed by atoms with van der Waals surface area (Å²) in [6.45, 7) is 4.75. The lowest BCUT2D eigenvalue weighted by Gasteiger charge is -2.31. The Hall–Kier alpha value is -1.14. The molecule has 2 N–H and O–H groups in total. The Morgan fingerprint density at radius 3 is 3.00 bits per heavy atom. The highest BCUT2D eigenvalue weighted by Gasteiger charge is 2.22. The molecule has 0 radical (unpaired) electrons. The van der Waals surface area contributed by atoms with Crippen LogP contribution >= 0.6 is 11.6 Å². The van der Waals surface area contributed by atoms with Gasteiger partial charge in [0.1, 0.15) is 0 Å². The molecule has 1 atom stereocenters. The van der Waals surface area contributed by atoms with Crippen molar-refractivity contribution in [2.75, 3.05) is 36.5 Å². The third-order valence-corrected chi connectivity index (χ3v) is 3.36. The Balaban J connectivity index is 2.11. The van der Waals surface area contributed by atoms with Crippen molar-refractivity contribution in [3.63, 3.8) is 0 Å². The number of nitrogens with zero attached hydrogens (tertiary/aromatic N) is 4. The molecule has 0 saturated carbocycles. The van der Waals surface area contributed by atoms with Gasteiger partial charge in [0.05, 0.1) is 0 Å². The molecule has 1 saturated heterocycles. The van der Waals surface area contributed by atoms with Crippen LogP contribution in [0, 0.1) is 5.92 Å². The topological polar surface area (TPSA) is 74.2 Å². The number of hydrogen-bond acceptors (Lipinski definition) is 6. The number of anilines is 2. The molecule has 6 nitrogen and oxygen atoms in total. The number of aromatic nitrogens is 3. The Bertz CT molecular complexity index is 417. The average Bonchev–Trinajstić information content (AvgIpc) is 2.44. The number of nitrogens with one attached hydrogen (secondary N) is 1. The Kier molecular flexibility index (Phi) is 5.15. The number of aliphatic hydroxyl groups is 1. The van der Waals surface area contributed by atoms with E-state index >= 15 is 0 Å². The molecule has 1 aliphatic heterocycles. The summed E-state index contributed by atoms with van der Waals surface area (Å²) in [5, 5.41) is 12.6. The minimum absolute atomic E-state index is 0.203. The maximum absolute atomic E-state index is 9.26. The van der Waals surface area contributed by atoms with Gasteiger partial charge in [0.25, 0.3) is 0 Å². The van der Waals surface area contributed by atoms with Crippen LogP contribution < -0.4 is 10.2 Å². The van der Waals surface area contributed by atoms with Crippen LogP contribution in [0.4, 0.5) is 11.9 Å². The molecular formula is C12H20ClN5O. The zero-order valence-electron chi connectivity index (χ0n) is 11.1. The van der Waals surface area contributed by atoms with Crippen molar-refractivity contribution in [1.82, 2.24) is 15.0 Å². The molecule has 2 heterocycles. The van der Waals surface area contributed by atoms with Gasteiger partial charge in [-0.2, -0.15) is 15.0 Å². The smallest absolute Gasteiger partial charge is 0.231 e. The first-order valence-corrected chi connectivity index (χ1v) is 7.12. The molecule has 1 aromatic heterocycles. The second-order valence-electron chi connectivity index (χ2n) is 4.79. The van der Waals surface area contributed by atoms with Gasteiger partial charge in [-0.3, -0.25) is 0 Å². The second kappa shape index (κ2) is 6.86. The number of rotatable bonds is 5. The van der Waals surface area contributed by atoms with Crippen molar-refractivity contribution >= 4 is 23.5 Å². The molecule has 1 aliphatic rings. The third kappa shape index (κ3) is 3.91. The molecule has 106 valence electrons. The van der Waals surface area contributed by atoms with Gasteiger partial charge in [-0.05, 0) is 36.8 Å². The number of piperidine rings is 1. The highest BCUT2D eigenvalue weighted by atomic mass is 35.5. The van der Waals surface area contributed by atoms with Gasteiger partial charge in [-0.15, -0.1) is 0 Å². The molecule has 19 heavy (non-hydrogen) atoms. The van der Waals surface area contributed by atoms with Gasteiger partial charge in [-0.1, -0.05) is 6.92 Å². The molecule has 1 aromatic rings. The van der Waals surface area contributed by atoms with Crippen molar-refractivity contribution in [3.05, 3.63) is 5.28 Å². The minimum Gasteiger partial charge on any atom is -0.396 e. The predicted octanol–water partition coefficient (Wildman–Crippen LogP) is 1.56. The van der Waals surface area contributed by atoms with Crippen LogP contribution in [-0.4, -0.2) is 46.3 Å². The molecule has 0 spiro atoms. The van der Waals surface area contributed by atoms with Crippen molar-refractivity contribution in [1.29, 1.82) is 0 Å². The average molecular weight is 286 g/mol. The summed E-state index contributed by atoms with van der Waals surface area (Å²) in [6.07, 6.45) is 3.08. The van der Waals surface area contributed by atoms with Crippen LogP contribution in [0.25, 0.3) is 0 Å². The van der Waals surface area contributed by atoms with Gasteiger partial charge in [-0.25, -0.2) is 0 Å². The van der Waals surface area contributed by atoms with Crippen LogP contribution in [0.3, 0.4) is 0 Å². The van der Waals surface area contributed by atoms with E-state index in [1.165, 1.54) is 0 Å². The third-order valence-electron chi connectivity index (χ3n) is 3.19. The van der Waals surface area contributed by atoms with E-state index in [0.717, 1.165) is 38.9 Å². The summed E-state index contributed by atoms with van der Waals surface area (Å²) in [7, 11) is 0. The highest BCUT2D eigenvalue weighted by molar-refractivity contribution is 6.28. The fourth-order valence-electron chi connectivity index (χ4n) is 2.19. The van der Waals surface area contributed by atoms with E-state index in [0.29, 0.717) is 11.9 Å². The van der Waals surface area contributed by atoms with Gasteiger partial charge in [0.2, 0.25) is 17.2 Å². The van der Waals surface area contributed by atoms with E-state index in [1.54, 1.807) is 0 Å². The van der Waals surface area contributed by atoms with Crippen molar-refractivity contribution < 1.29 is 5.11 Å². The van der Waals surface area contributed by atoms with E-state index in [2.05, 4.69) is 32.1 Å². The van der Waals surface area contributed by atoms with E-state index in [4.69, 9.17) is 11.6 Å². The second-order valence-corrected chi connectivity index (χ2v) is 5.13. The minimum atomic E-state index is 0.203. The van der Waals surface area contributed by atoms with E-state index in [9.17, 15) is 5.11 Å². The zero-order valence-corrected chi connectivity index (χ0v) is 11.9. The van der Waals surface area contributed by atoms with E-state index < -0.39 is 0 Å². The lowest BCUT2D eigenvalue weighted by atomic mass is 9.99. The highest BCUT2D eigenvalue weighted by Crippen LogP contribution is 2.21. The number of aliphatic hydroxyl groups excluding tert-OH is 1. The molecule has 0 amide bonds. The summed E-state index contributed by atoms with van der Waals surface area (Å²) in [4.78, 5) is 14.7. The quantitative estimate of drug-likeness (QED) is 0.855. The first kappa shape index (κ1) is 14.3. The van der Waals surface area contributed by atoms with Crippen LogP contribution in [0.5, 0.6) is 0 Å². The Labute approximate surface area is 118 Å². The van der Waals surface area contributed by atoms with Gasteiger partial charge in [0, 0.05) is 26.2 Å². The summed E-state index contributed by atoms with van der Waals surface area (Å²) in [5.74, 6) is 1.40. The van der Waals surface area contributed by atoms with Crippen molar-refractivity contribution in [3.8, 4) is 0 Å². The summed E-state index contributed by atoms with van der Waals surface area (Å²) >= 11 is 5.94. The molecular weight excluding hydrogens is 266 g/mol. The van der Waals surface area contributed by atoms with Crippen molar-refractivity contribution in [2.24, 2.45) is 5.92 Å². The summed E-state index contributed by atoms with van der Waals surface area (Å²) < 4.78 is 0. The summed E-state index contributed by atoms with van der Waals surface area (Å²) in [5.41, 5.74) is 0. The van der Waals surface area contributed by atoms with Gasteiger partial charge in [0.15, 0.2) is 0 Å². The van der Waals surface area contributed by atoms with Gasteiger partial charge < -0.3 is 15.3 Å². The van der Waals surface area contributed by atoms with Crippen LogP contribution in [0.2, 0.25) is 5.28 Å². The normalized spacial score (nSPS) is 19.5. The molecule has 1 fully saturated rings. The lowest BCUT2D eigenvalue weighted by Crippen LogP contribution is -2.38. The molecule has 0 bridgehead atoms. The van der Waals surface area contributed by atoms with Gasteiger partial charge >= 0.3 is 0 Å². The summed E-state index contributed by atoms with van der Waals surface area (Å²) in [6, 6.07) is 0. The van der Waals surface area contributed by atoms with E-state index in [1.807, 2.05) is 0 Å². The number of hydrogen-bond donors (Lipinski definition) is 2.